The molecule has 6 heteroatoms. The number of methoxy groups -OCH3 is 1. The molecule has 0 spiro atoms. The second kappa shape index (κ2) is 8.71. The van der Waals surface area contributed by atoms with Gasteiger partial charge in [-0.2, -0.15) is 0 Å². The van der Waals surface area contributed by atoms with Crippen molar-refractivity contribution in [2.24, 2.45) is 0 Å². The number of hydrogen-bond donors (Lipinski definition) is 0. The van der Waals surface area contributed by atoms with Gasteiger partial charge in [0.05, 0.1) is 7.11 Å². The standard InChI is InChI=1S/C24H26N2O4/c1-16-7-9-19(10-8-16)23-25-21(17(2)30-23)15-29-20-6-4-5-18(13-20)14-26-12-11-22(26)24(27)28-3/h4-10,13,22H,11-12,14-15H2,1-3H3/t22-/m1/s1. The summed E-state index contributed by atoms with van der Waals surface area (Å²) in [6.45, 7) is 5.87. The first kappa shape index (κ1) is 20.2. The lowest BCUT2D eigenvalue weighted by atomic mass is 10.0. The number of ether oxygens (including phenoxy) is 2. The number of hydrogen-bond acceptors (Lipinski definition) is 6. The van der Waals surface area contributed by atoms with Gasteiger partial charge in [-0.25, -0.2) is 4.98 Å². The van der Waals surface area contributed by atoms with Gasteiger partial charge < -0.3 is 13.9 Å². The van der Waals surface area contributed by atoms with Crippen LogP contribution >= 0.6 is 0 Å². The van der Waals surface area contributed by atoms with Gasteiger partial charge in [-0.3, -0.25) is 9.69 Å². The molecular formula is C24H26N2O4. The largest absolute Gasteiger partial charge is 0.487 e. The molecule has 0 radical (unpaired) electrons. The molecule has 0 amide bonds. The molecule has 30 heavy (non-hydrogen) atoms. The molecule has 3 aromatic rings. The Morgan fingerprint density at radius 3 is 2.70 bits per heavy atom. The molecule has 0 bridgehead atoms. The maximum absolute atomic E-state index is 11.8. The first-order valence-electron chi connectivity index (χ1n) is 10.1. The van der Waals surface area contributed by atoms with E-state index in [9.17, 15) is 4.79 Å². The van der Waals surface area contributed by atoms with Crippen LogP contribution in [-0.4, -0.2) is 35.5 Å². The van der Waals surface area contributed by atoms with E-state index in [0.29, 0.717) is 19.0 Å². The van der Waals surface area contributed by atoms with Crippen molar-refractivity contribution < 1.29 is 18.7 Å². The van der Waals surface area contributed by atoms with Gasteiger partial charge in [0.2, 0.25) is 5.89 Å². The molecule has 2 heterocycles. The van der Waals surface area contributed by atoms with E-state index in [1.165, 1.54) is 12.7 Å². The highest BCUT2D eigenvalue weighted by atomic mass is 16.5. The number of aryl methyl sites for hydroxylation is 2. The molecule has 1 fully saturated rings. The van der Waals surface area contributed by atoms with E-state index < -0.39 is 0 Å². The number of carbonyl (C=O) groups is 1. The lowest BCUT2D eigenvalue weighted by molar-refractivity contribution is -0.152. The van der Waals surface area contributed by atoms with Gasteiger partial charge in [-0.05, 0) is 50.1 Å². The second-order valence-electron chi connectivity index (χ2n) is 7.62. The van der Waals surface area contributed by atoms with Crippen molar-refractivity contribution >= 4 is 5.97 Å². The maximum atomic E-state index is 11.8. The SMILES string of the molecule is COC(=O)[C@H]1CCN1Cc1cccc(OCc2nc(-c3ccc(C)cc3)oc2C)c1. The average molecular weight is 406 g/mol. The Labute approximate surface area is 176 Å². The minimum atomic E-state index is -0.167. The third kappa shape index (κ3) is 4.39. The smallest absolute Gasteiger partial charge is 0.323 e. The van der Waals surface area contributed by atoms with Gasteiger partial charge in [-0.15, -0.1) is 0 Å². The van der Waals surface area contributed by atoms with Crippen LogP contribution in [0.15, 0.2) is 52.9 Å². The molecule has 0 aliphatic carbocycles. The van der Waals surface area contributed by atoms with Crippen LogP contribution in [0.25, 0.3) is 11.5 Å². The third-order valence-corrected chi connectivity index (χ3v) is 5.45. The summed E-state index contributed by atoms with van der Waals surface area (Å²) in [5.41, 5.74) is 4.02. The molecule has 156 valence electrons. The summed E-state index contributed by atoms with van der Waals surface area (Å²) in [4.78, 5) is 18.5. The molecule has 1 aliphatic rings. The zero-order valence-electron chi connectivity index (χ0n) is 17.6. The summed E-state index contributed by atoms with van der Waals surface area (Å²) in [7, 11) is 1.43. The van der Waals surface area contributed by atoms with Crippen molar-refractivity contribution in [1.29, 1.82) is 0 Å². The average Bonchev–Trinajstić information content (AvgIpc) is 3.11. The highest BCUT2D eigenvalue weighted by Crippen LogP contribution is 2.25. The molecule has 1 aromatic heterocycles. The summed E-state index contributed by atoms with van der Waals surface area (Å²) in [6, 6.07) is 15.9. The quantitative estimate of drug-likeness (QED) is 0.546. The number of likely N-dealkylation sites (tertiary alicyclic amines) is 1. The Morgan fingerprint density at radius 1 is 1.20 bits per heavy atom. The molecule has 6 nitrogen and oxygen atoms in total. The van der Waals surface area contributed by atoms with E-state index in [2.05, 4.69) is 16.8 Å². The molecule has 1 aliphatic heterocycles. The van der Waals surface area contributed by atoms with Gasteiger partial charge >= 0.3 is 5.97 Å². The molecule has 0 N–H and O–H groups in total. The fourth-order valence-electron chi connectivity index (χ4n) is 3.53. The van der Waals surface area contributed by atoms with Crippen LogP contribution in [0.5, 0.6) is 5.75 Å². The van der Waals surface area contributed by atoms with Crippen molar-refractivity contribution in [3.8, 4) is 17.2 Å². The van der Waals surface area contributed by atoms with Gasteiger partial charge in [-0.1, -0.05) is 29.8 Å². The first-order valence-corrected chi connectivity index (χ1v) is 10.1. The maximum Gasteiger partial charge on any atom is 0.323 e. The summed E-state index contributed by atoms with van der Waals surface area (Å²) in [5, 5.41) is 0. The Bertz CT molecular complexity index is 1030. The van der Waals surface area contributed by atoms with E-state index in [1.54, 1.807) is 0 Å². The van der Waals surface area contributed by atoms with E-state index in [1.807, 2.05) is 55.5 Å². The predicted octanol–water partition coefficient (Wildman–Crippen LogP) is 4.28. The number of nitrogens with zero attached hydrogens (tertiary/aromatic N) is 2. The lowest BCUT2D eigenvalue weighted by Gasteiger charge is -2.38. The molecule has 1 saturated heterocycles. The van der Waals surface area contributed by atoms with Crippen LogP contribution in [0.1, 0.15) is 29.0 Å². The highest BCUT2D eigenvalue weighted by Gasteiger charge is 2.34. The molecule has 2 aromatic carbocycles. The van der Waals surface area contributed by atoms with Gasteiger partial charge in [0.1, 0.15) is 29.9 Å². The van der Waals surface area contributed by atoms with Crippen LogP contribution in [0.4, 0.5) is 0 Å². The van der Waals surface area contributed by atoms with E-state index in [-0.39, 0.29) is 12.0 Å². The topological polar surface area (TPSA) is 64.8 Å². The fourth-order valence-corrected chi connectivity index (χ4v) is 3.53. The normalized spacial score (nSPS) is 16.2. The Morgan fingerprint density at radius 2 is 2.00 bits per heavy atom. The Kier molecular flexibility index (Phi) is 5.86. The predicted molar refractivity (Wildman–Crippen MR) is 113 cm³/mol. The molecule has 4 rings (SSSR count). The zero-order chi connectivity index (χ0) is 21.1. The first-order chi connectivity index (χ1) is 14.5. The second-order valence-corrected chi connectivity index (χ2v) is 7.62. The highest BCUT2D eigenvalue weighted by molar-refractivity contribution is 5.76. The van der Waals surface area contributed by atoms with E-state index >= 15 is 0 Å². The zero-order valence-corrected chi connectivity index (χ0v) is 17.6. The molecular weight excluding hydrogens is 380 g/mol. The van der Waals surface area contributed by atoms with Crippen LogP contribution in [0.3, 0.4) is 0 Å². The summed E-state index contributed by atoms with van der Waals surface area (Å²) in [6.07, 6.45) is 0.845. The number of aromatic nitrogens is 1. The number of oxazole rings is 1. The van der Waals surface area contributed by atoms with Gasteiger partial charge in [0.15, 0.2) is 0 Å². The Hall–Kier alpha value is -3.12. The van der Waals surface area contributed by atoms with Crippen LogP contribution in [0.2, 0.25) is 0 Å². The van der Waals surface area contributed by atoms with E-state index in [4.69, 9.17) is 13.9 Å². The minimum Gasteiger partial charge on any atom is -0.487 e. The lowest BCUT2D eigenvalue weighted by Crippen LogP contribution is -2.52. The van der Waals surface area contributed by atoms with E-state index in [0.717, 1.165) is 41.3 Å². The van der Waals surface area contributed by atoms with Crippen LogP contribution in [-0.2, 0) is 22.7 Å². The molecule has 0 saturated carbocycles. The monoisotopic (exact) mass is 406 g/mol. The van der Waals surface area contributed by atoms with Crippen molar-refractivity contribution in [3.05, 3.63) is 71.1 Å². The Balaban J connectivity index is 1.39. The van der Waals surface area contributed by atoms with Crippen molar-refractivity contribution in [1.82, 2.24) is 9.88 Å². The number of esters is 1. The number of rotatable bonds is 7. The van der Waals surface area contributed by atoms with Crippen molar-refractivity contribution in [2.75, 3.05) is 13.7 Å². The summed E-state index contributed by atoms with van der Waals surface area (Å²) >= 11 is 0. The third-order valence-electron chi connectivity index (χ3n) is 5.45. The number of benzene rings is 2. The minimum absolute atomic E-state index is 0.141. The molecule has 1 atom stereocenters. The van der Waals surface area contributed by atoms with Crippen molar-refractivity contribution in [2.45, 2.75) is 39.5 Å². The summed E-state index contributed by atoms with van der Waals surface area (Å²) in [5.74, 6) is 1.95. The van der Waals surface area contributed by atoms with Gasteiger partial charge in [0, 0.05) is 18.7 Å². The number of carbonyl (C=O) groups excluding carboxylic acids is 1. The molecule has 0 unspecified atom stereocenters. The fraction of sp³-hybridized carbons (Fsp3) is 0.333. The van der Waals surface area contributed by atoms with Crippen LogP contribution < -0.4 is 4.74 Å². The van der Waals surface area contributed by atoms with Gasteiger partial charge in [0.25, 0.3) is 0 Å². The van der Waals surface area contributed by atoms with Crippen molar-refractivity contribution in [3.63, 3.8) is 0 Å². The summed E-state index contributed by atoms with van der Waals surface area (Å²) < 4.78 is 16.7. The van der Waals surface area contributed by atoms with Crippen LogP contribution in [0, 0.1) is 13.8 Å².